The van der Waals surface area contributed by atoms with Crippen molar-refractivity contribution >= 4 is 0 Å². The topological polar surface area (TPSA) is 24.5 Å². The number of hydrogen-bond acceptors (Lipinski definition) is 3. The summed E-state index contributed by atoms with van der Waals surface area (Å²) in [6, 6.07) is 0.590. The van der Waals surface area contributed by atoms with Crippen molar-refractivity contribution in [3.8, 4) is 0 Å². The van der Waals surface area contributed by atoms with E-state index in [9.17, 15) is 0 Å². The monoisotopic (exact) mass is 228 g/mol. The number of likely N-dealkylation sites (tertiary alicyclic amines) is 1. The van der Waals surface area contributed by atoms with Crippen LogP contribution in [0, 0.1) is 0 Å². The maximum Gasteiger partial charge on any atom is 0.0476 e. The highest BCUT2D eigenvalue weighted by Gasteiger charge is 2.10. The van der Waals surface area contributed by atoms with Crippen LogP contribution >= 0.6 is 0 Å². The van der Waals surface area contributed by atoms with E-state index in [1.165, 1.54) is 45.3 Å². The third-order valence-electron chi connectivity index (χ3n) is 3.35. The fourth-order valence-electron chi connectivity index (χ4n) is 2.21. The molecule has 3 heteroatoms. The molecule has 0 aromatic rings. The van der Waals surface area contributed by atoms with Crippen molar-refractivity contribution in [3.05, 3.63) is 0 Å². The number of nitrogens with zero attached hydrogens (tertiary/aromatic N) is 1. The van der Waals surface area contributed by atoms with E-state index in [0.29, 0.717) is 6.04 Å². The van der Waals surface area contributed by atoms with E-state index in [0.717, 1.165) is 19.6 Å². The van der Waals surface area contributed by atoms with E-state index in [4.69, 9.17) is 4.74 Å². The van der Waals surface area contributed by atoms with E-state index in [-0.39, 0.29) is 0 Å². The molecule has 0 saturated carbocycles. The van der Waals surface area contributed by atoms with Crippen LogP contribution in [0.2, 0.25) is 0 Å². The van der Waals surface area contributed by atoms with Crippen LogP contribution in [0.15, 0.2) is 0 Å². The summed E-state index contributed by atoms with van der Waals surface area (Å²) in [5.41, 5.74) is 0. The average molecular weight is 228 g/mol. The molecule has 1 rings (SSSR count). The molecule has 0 bridgehead atoms. The predicted octanol–water partition coefficient (Wildman–Crippen LogP) is 1.88. The van der Waals surface area contributed by atoms with Gasteiger partial charge < -0.3 is 15.0 Å². The molecule has 0 aromatic heterocycles. The maximum atomic E-state index is 5.06. The van der Waals surface area contributed by atoms with Crippen molar-refractivity contribution in [2.45, 2.75) is 45.1 Å². The van der Waals surface area contributed by atoms with E-state index >= 15 is 0 Å². The Labute approximate surface area is 101 Å². The molecule has 0 aromatic carbocycles. The Morgan fingerprint density at radius 2 is 2.00 bits per heavy atom. The molecular formula is C13H28N2O. The van der Waals surface area contributed by atoms with Gasteiger partial charge in [-0.05, 0) is 65.2 Å². The summed E-state index contributed by atoms with van der Waals surface area (Å²) in [5, 5.41) is 3.54. The number of ether oxygens (including phenoxy) is 1. The summed E-state index contributed by atoms with van der Waals surface area (Å²) in [6.45, 7) is 8.21. The summed E-state index contributed by atoms with van der Waals surface area (Å²) >= 11 is 0. The van der Waals surface area contributed by atoms with E-state index in [1.807, 2.05) is 0 Å². The zero-order valence-electron chi connectivity index (χ0n) is 11.0. The van der Waals surface area contributed by atoms with E-state index < -0.39 is 0 Å². The predicted molar refractivity (Wildman–Crippen MR) is 68.9 cm³/mol. The molecule has 16 heavy (non-hydrogen) atoms. The largest absolute Gasteiger partial charge is 0.385 e. The first-order valence-electron chi connectivity index (χ1n) is 6.77. The van der Waals surface area contributed by atoms with Crippen LogP contribution in [-0.4, -0.2) is 50.8 Å². The van der Waals surface area contributed by atoms with Crippen LogP contribution in [-0.2, 0) is 4.74 Å². The van der Waals surface area contributed by atoms with Crippen molar-refractivity contribution in [2.75, 3.05) is 39.9 Å². The molecule has 1 aliphatic rings. The zero-order valence-corrected chi connectivity index (χ0v) is 11.0. The van der Waals surface area contributed by atoms with Gasteiger partial charge in [-0.2, -0.15) is 0 Å². The summed E-state index contributed by atoms with van der Waals surface area (Å²) < 4.78 is 5.06. The number of methoxy groups -OCH3 is 1. The van der Waals surface area contributed by atoms with E-state index in [2.05, 4.69) is 17.1 Å². The van der Waals surface area contributed by atoms with Crippen molar-refractivity contribution in [1.82, 2.24) is 10.2 Å². The second-order valence-corrected chi connectivity index (χ2v) is 4.89. The Bertz CT molecular complexity index is 158. The van der Waals surface area contributed by atoms with Gasteiger partial charge in [0.2, 0.25) is 0 Å². The van der Waals surface area contributed by atoms with Gasteiger partial charge in [-0.15, -0.1) is 0 Å². The lowest BCUT2D eigenvalue weighted by molar-refractivity contribution is 0.185. The zero-order chi connectivity index (χ0) is 11.6. The van der Waals surface area contributed by atoms with Gasteiger partial charge in [0.15, 0.2) is 0 Å². The Kier molecular flexibility index (Phi) is 7.81. The van der Waals surface area contributed by atoms with Crippen molar-refractivity contribution in [3.63, 3.8) is 0 Å². The standard InChI is InChI=1S/C13H28N2O/c1-13(7-12-16-2)14-8-3-4-9-15-10-5-6-11-15/h13-14H,3-12H2,1-2H3. The molecule has 3 nitrogen and oxygen atoms in total. The third-order valence-corrected chi connectivity index (χ3v) is 3.35. The van der Waals surface area contributed by atoms with Crippen LogP contribution < -0.4 is 5.32 Å². The molecule has 1 atom stereocenters. The summed E-state index contributed by atoms with van der Waals surface area (Å²) in [6.07, 6.45) is 6.57. The highest BCUT2D eigenvalue weighted by Crippen LogP contribution is 2.07. The smallest absolute Gasteiger partial charge is 0.0476 e. The van der Waals surface area contributed by atoms with Crippen molar-refractivity contribution < 1.29 is 4.74 Å². The summed E-state index contributed by atoms with van der Waals surface area (Å²) in [4.78, 5) is 2.59. The molecule has 0 amide bonds. The Hall–Kier alpha value is -0.120. The fraction of sp³-hybridized carbons (Fsp3) is 1.00. The molecule has 0 aliphatic carbocycles. The molecule has 0 radical (unpaired) electrons. The van der Waals surface area contributed by atoms with Gasteiger partial charge in [-0.1, -0.05) is 0 Å². The number of hydrogen-bond donors (Lipinski definition) is 1. The molecule has 1 N–H and O–H groups in total. The first kappa shape index (κ1) is 13.9. The van der Waals surface area contributed by atoms with Gasteiger partial charge in [0, 0.05) is 19.8 Å². The Balaban J connectivity index is 1.83. The quantitative estimate of drug-likeness (QED) is 0.610. The van der Waals surface area contributed by atoms with Gasteiger partial charge in [0.1, 0.15) is 0 Å². The molecule has 1 aliphatic heterocycles. The van der Waals surface area contributed by atoms with Gasteiger partial charge in [0.05, 0.1) is 0 Å². The van der Waals surface area contributed by atoms with Crippen LogP contribution in [0.4, 0.5) is 0 Å². The third kappa shape index (κ3) is 6.46. The SMILES string of the molecule is COCCC(C)NCCCCN1CCCC1. The summed E-state index contributed by atoms with van der Waals surface area (Å²) in [7, 11) is 1.77. The minimum atomic E-state index is 0.590. The van der Waals surface area contributed by atoms with Crippen molar-refractivity contribution in [2.24, 2.45) is 0 Å². The van der Waals surface area contributed by atoms with E-state index in [1.54, 1.807) is 7.11 Å². The first-order chi connectivity index (χ1) is 7.83. The fourth-order valence-corrected chi connectivity index (χ4v) is 2.21. The van der Waals surface area contributed by atoms with Crippen LogP contribution in [0.1, 0.15) is 39.0 Å². The Morgan fingerprint density at radius 3 is 2.69 bits per heavy atom. The van der Waals surface area contributed by atoms with Crippen LogP contribution in [0.5, 0.6) is 0 Å². The lowest BCUT2D eigenvalue weighted by Crippen LogP contribution is -2.29. The van der Waals surface area contributed by atoms with Gasteiger partial charge in [-0.25, -0.2) is 0 Å². The molecule has 0 spiro atoms. The maximum absolute atomic E-state index is 5.06. The number of rotatable bonds is 9. The molecule has 1 unspecified atom stereocenters. The molecule has 1 fully saturated rings. The van der Waals surface area contributed by atoms with Gasteiger partial charge >= 0.3 is 0 Å². The second-order valence-electron chi connectivity index (χ2n) is 4.89. The van der Waals surface area contributed by atoms with Crippen LogP contribution in [0.25, 0.3) is 0 Å². The second kappa shape index (κ2) is 8.97. The highest BCUT2D eigenvalue weighted by molar-refractivity contribution is 4.66. The highest BCUT2D eigenvalue weighted by atomic mass is 16.5. The lowest BCUT2D eigenvalue weighted by atomic mass is 10.2. The first-order valence-corrected chi connectivity index (χ1v) is 6.77. The van der Waals surface area contributed by atoms with Gasteiger partial charge in [-0.3, -0.25) is 0 Å². The molecule has 1 heterocycles. The normalized spacial score (nSPS) is 19.1. The average Bonchev–Trinajstić information content (AvgIpc) is 2.79. The van der Waals surface area contributed by atoms with Gasteiger partial charge in [0.25, 0.3) is 0 Å². The molecular weight excluding hydrogens is 200 g/mol. The minimum Gasteiger partial charge on any atom is -0.385 e. The minimum absolute atomic E-state index is 0.590. The Morgan fingerprint density at radius 1 is 1.25 bits per heavy atom. The lowest BCUT2D eigenvalue weighted by Gasteiger charge is -2.16. The molecule has 1 saturated heterocycles. The summed E-state index contributed by atoms with van der Waals surface area (Å²) in [5.74, 6) is 0. The number of nitrogens with one attached hydrogen (secondary N) is 1. The van der Waals surface area contributed by atoms with Crippen LogP contribution in [0.3, 0.4) is 0 Å². The number of unbranched alkanes of at least 4 members (excludes halogenated alkanes) is 1. The molecule has 96 valence electrons. The van der Waals surface area contributed by atoms with Crippen molar-refractivity contribution in [1.29, 1.82) is 0 Å².